The van der Waals surface area contributed by atoms with E-state index in [1.165, 1.54) is 43.2 Å². The number of aryl methyl sites for hydroxylation is 1. The zero-order chi connectivity index (χ0) is 12.8. The quantitative estimate of drug-likeness (QED) is 0.771. The summed E-state index contributed by atoms with van der Waals surface area (Å²) >= 11 is 0. The van der Waals surface area contributed by atoms with Gasteiger partial charge < -0.3 is 10.1 Å². The highest BCUT2D eigenvalue weighted by molar-refractivity contribution is 5.39. The zero-order valence-corrected chi connectivity index (χ0v) is 11.7. The number of hydrogen-bond donors (Lipinski definition) is 1. The van der Waals surface area contributed by atoms with Gasteiger partial charge in [-0.25, -0.2) is 0 Å². The van der Waals surface area contributed by atoms with Crippen molar-refractivity contribution in [1.29, 1.82) is 0 Å². The number of rotatable bonds is 6. The van der Waals surface area contributed by atoms with Gasteiger partial charge in [-0.3, -0.25) is 0 Å². The molecular weight excluding hydrogens is 222 g/mol. The van der Waals surface area contributed by atoms with Crippen molar-refractivity contribution in [3.05, 3.63) is 29.3 Å². The van der Waals surface area contributed by atoms with Crippen LogP contribution in [0, 0.1) is 0 Å². The van der Waals surface area contributed by atoms with Crippen LogP contribution in [0.1, 0.15) is 56.2 Å². The van der Waals surface area contributed by atoms with Crippen LogP contribution in [0.2, 0.25) is 0 Å². The number of nitrogens with one attached hydrogen (secondary N) is 1. The van der Waals surface area contributed by atoms with E-state index >= 15 is 0 Å². The minimum Gasteiger partial charge on any atom is -0.494 e. The predicted octanol–water partition coefficient (Wildman–Crippen LogP) is 3.85. The highest BCUT2D eigenvalue weighted by Crippen LogP contribution is 2.32. The highest BCUT2D eigenvalue weighted by Gasteiger charge is 2.18. The minimum absolute atomic E-state index is 0.507. The van der Waals surface area contributed by atoms with Gasteiger partial charge in [0, 0.05) is 6.04 Å². The van der Waals surface area contributed by atoms with Crippen LogP contribution in [0.5, 0.6) is 5.75 Å². The van der Waals surface area contributed by atoms with Crippen LogP contribution in [0.4, 0.5) is 0 Å². The first-order valence-corrected chi connectivity index (χ1v) is 7.28. The Morgan fingerprint density at radius 2 is 2.22 bits per heavy atom. The average molecular weight is 247 g/mol. The Balaban J connectivity index is 2.01. The largest absolute Gasteiger partial charge is 0.494 e. The van der Waals surface area contributed by atoms with Crippen molar-refractivity contribution >= 4 is 0 Å². The van der Waals surface area contributed by atoms with Crippen molar-refractivity contribution in [2.24, 2.45) is 0 Å². The Labute approximate surface area is 111 Å². The third kappa shape index (κ3) is 3.26. The topological polar surface area (TPSA) is 21.3 Å². The van der Waals surface area contributed by atoms with Crippen LogP contribution in [0.15, 0.2) is 18.2 Å². The van der Waals surface area contributed by atoms with Gasteiger partial charge in [0.1, 0.15) is 5.75 Å². The number of hydrogen-bond acceptors (Lipinski definition) is 2. The molecule has 0 aromatic heterocycles. The van der Waals surface area contributed by atoms with Crippen molar-refractivity contribution in [3.8, 4) is 5.75 Å². The Kier molecular flexibility index (Phi) is 5.06. The molecule has 0 spiro atoms. The molecule has 1 N–H and O–H groups in total. The van der Waals surface area contributed by atoms with E-state index in [4.69, 9.17) is 4.74 Å². The summed E-state index contributed by atoms with van der Waals surface area (Å²) in [5.41, 5.74) is 2.93. The molecule has 1 aliphatic rings. The monoisotopic (exact) mass is 247 g/mol. The molecule has 0 radical (unpaired) electrons. The number of unbranched alkanes of at least 4 members (excludes halogenated alkanes) is 2. The van der Waals surface area contributed by atoms with Crippen LogP contribution in [0.3, 0.4) is 0 Å². The molecule has 1 aliphatic carbocycles. The molecule has 1 atom stereocenters. The minimum atomic E-state index is 0.507. The van der Waals surface area contributed by atoms with Gasteiger partial charge in [-0.1, -0.05) is 25.8 Å². The number of ether oxygens (including phenoxy) is 1. The van der Waals surface area contributed by atoms with Crippen LogP contribution in [-0.2, 0) is 6.42 Å². The normalized spacial score (nSPS) is 18.4. The smallest absolute Gasteiger partial charge is 0.119 e. The van der Waals surface area contributed by atoms with Gasteiger partial charge in [0.25, 0.3) is 0 Å². The van der Waals surface area contributed by atoms with Gasteiger partial charge in [-0.05, 0) is 56.0 Å². The molecule has 2 heteroatoms. The molecule has 2 nitrogen and oxygen atoms in total. The maximum Gasteiger partial charge on any atom is 0.119 e. The lowest BCUT2D eigenvalue weighted by atomic mass is 9.87. The summed E-state index contributed by atoms with van der Waals surface area (Å²) in [5.74, 6) is 1.03. The van der Waals surface area contributed by atoms with E-state index in [9.17, 15) is 0 Å². The summed E-state index contributed by atoms with van der Waals surface area (Å²) in [6, 6.07) is 7.12. The van der Waals surface area contributed by atoms with E-state index < -0.39 is 0 Å². The van der Waals surface area contributed by atoms with Crippen LogP contribution in [0.25, 0.3) is 0 Å². The lowest BCUT2D eigenvalue weighted by Gasteiger charge is -2.25. The molecule has 1 unspecified atom stereocenters. The maximum absolute atomic E-state index is 5.84. The Morgan fingerprint density at radius 3 is 3.00 bits per heavy atom. The van der Waals surface area contributed by atoms with Gasteiger partial charge in [-0.2, -0.15) is 0 Å². The van der Waals surface area contributed by atoms with E-state index in [1.54, 1.807) is 0 Å². The lowest BCUT2D eigenvalue weighted by molar-refractivity contribution is 0.305. The maximum atomic E-state index is 5.84. The van der Waals surface area contributed by atoms with Crippen molar-refractivity contribution in [3.63, 3.8) is 0 Å². The standard InChI is InChI=1S/C16H25NO/c1-3-4-5-11-18-14-10-9-13-7-6-8-16(17-2)15(13)12-14/h9-10,12,16-17H,3-8,11H2,1-2H3. The molecule has 0 bridgehead atoms. The van der Waals surface area contributed by atoms with E-state index in [2.05, 4.69) is 37.5 Å². The molecule has 0 heterocycles. The van der Waals surface area contributed by atoms with Gasteiger partial charge in [0.2, 0.25) is 0 Å². The molecule has 0 fully saturated rings. The Hall–Kier alpha value is -1.02. The van der Waals surface area contributed by atoms with Crippen molar-refractivity contribution in [2.75, 3.05) is 13.7 Å². The van der Waals surface area contributed by atoms with Gasteiger partial charge >= 0.3 is 0 Å². The summed E-state index contributed by atoms with van der Waals surface area (Å²) in [6.45, 7) is 3.06. The third-order valence-corrected chi connectivity index (χ3v) is 3.80. The van der Waals surface area contributed by atoms with Crippen molar-refractivity contribution in [1.82, 2.24) is 5.32 Å². The van der Waals surface area contributed by atoms with Gasteiger partial charge in [0.15, 0.2) is 0 Å². The Bertz CT molecular complexity index is 375. The summed E-state index contributed by atoms with van der Waals surface area (Å²) < 4.78 is 5.84. The van der Waals surface area contributed by atoms with Crippen molar-refractivity contribution in [2.45, 2.75) is 51.5 Å². The second-order valence-corrected chi connectivity index (χ2v) is 5.15. The fourth-order valence-electron chi connectivity index (χ4n) is 2.71. The fraction of sp³-hybridized carbons (Fsp3) is 0.625. The molecule has 1 aromatic carbocycles. The first-order chi connectivity index (χ1) is 8.85. The van der Waals surface area contributed by atoms with Crippen molar-refractivity contribution < 1.29 is 4.74 Å². The second-order valence-electron chi connectivity index (χ2n) is 5.15. The second kappa shape index (κ2) is 6.79. The number of benzene rings is 1. The van der Waals surface area contributed by atoms with Gasteiger partial charge in [0.05, 0.1) is 6.61 Å². The highest BCUT2D eigenvalue weighted by atomic mass is 16.5. The van der Waals surface area contributed by atoms with Crippen LogP contribution < -0.4 is 10.1 Å². The molecule has 18 heavy (non-hydrogen) atoms. The average Bonchev–Trinajstić information content (AvgIpc) is 2.43. The van der Waals surface area contributed by atoms with Crippen LogP contribution in [-0.4, -0.2) is 13.7 Å². The molecular formula is C16H25NO. The fourth-order valence-corrected chi connectivity index (χ4v) is 2.71. The zero-order valence-electron chi connectivity index (χ0n) is 11.7. The molecule has 0 saturated heterocycles. The first kappa shape index (κ1) is 13.4. The molecule has 0 aliphatic heterocycles. The first-order valence-electron chi connectivity index (χ1n) is 7.28. The predicted molar refractivity (Wildman–Crippen MR) is 76.2 cm³/mol. The lowest BCUT2D eigenvalue weighted by Crippen LogP contribution is -2.21. The molecule has 0 saturated carbocycles. The van der Waals surface area contributed by atoms with E-state index in [0.717, 1.165) is 18.8 Å². The summed E-state index contributed by atoms with van der Waals surface area (Å²) in [7, 11) is 2.05. The molecule has 0 amide bonds. The van der Waals surface area contributed by atoms with Crippen LogP contribution >= 0.6 is 0 Å². The van der Waals surface area contributed by atoms with Gasteiger partial charge in [-0.15, -0.1) is 0 Å². The Morgan fingerprint density at radius 1 is 1.33 bits per heavy atom. The van der Waals surface area contributed by atoms with E-state index in [-0.39, 0.29) is 0 Å². The van der Waals surface area contributed by atoms with E-state index in [1.807, 2.05) is 0 Å². The summed E-state index contributed by atoms with van der Waals surface area (Å²) in [6.07, 6.45) is 7.39. The molecule has 2 rings (SSSR count). The molecule has 100 valence electrons. The molecule has 1 aromatic rings. The summed E-state index contributed by atoms with van der Waals surface area (Å²) in [4.78, 5) is 0. The SMILES string of the molecule is CCCCCOc1ccc2c(c1)C(NC)CCC2. The van der Waals surface area contributed by atoms with E-state index in [0.29, 0.717) is 6.04 Å². The third-order valence-electron chi connectivity index (χ3n) is 3.80. The summed E-state index contributed by atoms with van der Waals surface area (Å²) in [5, 5.41) is 3.41. The number of fused-ring (bicyclic) bond motifs is 1.